The number of benzene rings is 2. The summed E-state index contributed by atoms with van der Waals surface area (Å²) in [6.07, 6.45) is 7.37. The zero-order valence-corrected chi connectivity index (χ0v) is 13.1. The van der Waals surface area contributed by atoms with Gasteiger partial charge in [-0.1, -0.05) is 42.3 Å². The van der Waals surface area contributed by atoms with Gasteiger partial charge in [0.2, 0.25) is 5.91 Å². The Morgan fingerprint density at radius 2 is 1.91 bits per heavy atom. The predicted octanol–water partition coefficient (Wildman–Crippen LogP) is 3.65. The van der Waals surface area contributed by atoms with E-state index in [-0.39, 0.29) is 5.91 Å². The van der Waals surface area contributed by atoms with Crippen molar-refractivity contribution in [2.24, 2.45) is 0 Å². The monoisotopic (exact) mass is 307 g/mol. The smallest absolute Gasteiger partial charge is 0.224 e. The lowest BCUT2D eigenvalue weighted by atomic mass is 10.2. The predicted molar refractivity (Wildman–Crippen MR) is 93.2 cm³/mol. The van der Waals surface area contributed by atoms with Gasteiger partial charge in [0.15, 0.2) is 0 Å². The van der Waals surface area contributed by atoms with E-state index in [0.29, 0.717) is 26.1 Å². The second kappa shape index (κ2) is 9.45. The molecule has 0 spiro atoms. The van der Waals surface area contributed by atoms with Crippen molar-refractivity contribution in [2.45, 2.75) is 19.3 Å². The molecule has 3 heteroatoms. The maximum atomic E-state index is 11.8. The highest BCUT2D eigenvalue weighted by Gasteiger charge is 2.02. The third-order valence-corrected chi connectivity index (χ3v) is 3.38. The summed E-state index contributed by atoms with van der Waals surface area (Å²) >= 11 is 0. The van der Waals surface area contributed by atoms with E-state index in [9.17, 15) is 4.79 Å². The molecule has 0 radical (unpaired) electrons. The maximum absolute atomic E-state index is 11.8. The lowest BCUT2D eigenvalue weighted by molar-refractivity contribution is -0.116. The quantitative estimate of drug-likeness (QED) is 0.597. The Kier molecular flexibility index (Phi) is 6.90. The highest BCUT2D eigenvalue weighted by molar-refractivity contribution is 5.90. The van der Waals surface area contributed by atoms with E-state index in [0.717, 1.165) is 17.7 Å². The van der Waals surface area contributed by atoms with E-state index >= 15 is 0 Å². The molecule has 1 amide bonds. The van der Waals surface area contributed by atoms with Crippen molar-refractivity contribution in [2.75, 3.05) is 18.5 Å². The van der Waals surface area contributed by atoms with E-state index in [1.807, 2.05) is 36.4 Å². The first-order chi connectivity index (χ1) is 11.3. The number of terminal acetylenes is 1. The Labute approximate surface area is 137 Å². The molecule has 0 saturated carbocycles. The van der Waals surface area contributed by atoms with Gasteiger partial charge in [-0.25, -0.2) is 0 Å². The van der Waals surface area contributed by atoms with Crippen molar-refractivity contribution in [3.05, 3.63) is 65.7 Å². The molecule has 0 unspecified atom stereocenters. The van der Waals surface area contributed by atoms with Crippen molar-refractivity contribution in [3.8, 4) is 12.3 Å². The number of nitrogens with one attached hydrogen (secondary N) is 1. The van der Waals surface area contributed by atoms with Gasteiger partial charge in [0.1, 0.15) is 0 Å². The first kappa shape index (κ1) is 16.8. The van der Waals surface area contributed by atoms with Crippen LogP contribution in [0.4, 0.5) is 5.69 Å². The number of carbonyl (C=O) groups excluding carboxylic acids is 1. The van der Waals surface area contributed by atoms with Crippen LogP contribution in [-0.4, -0.2) is 19.1 Å². The topological polar surface area (TPSA) is 38.3 Å². The summed E-state index contributed by atoms with van der Waals surface area (Å²) in [6.45, 7) is 1.26. The molecular weight excluding hydrogens is 286 g/mol. The zero-order chi connectivity index (χ0) is 16.3. The molecule has 2 aromatic rings. The Balaban J connectivity index is 1.59. The molecule has 0 aliphatic heterocycles. The van der Waals surface area contributed by atoms with Crippen LogP contribution < -0.4 is 5.32 Å². The highest BCUT2D eigenvalue weighted by Crippen LogP contribution is 2.10. The molecule has 23 heavy (non-hydrogen) atoms. The molecule has 0 fully saturated rings. The second-order valence-electron chi connectivity index (χ2n) is 5.22. The number of amides is 1. The summed E-state index contributed by atoms with van der Waals surface area (Å²) in [4.78, 5) is 11.8. The fourth-order valence-electron chi connectivity index (χ4n) is 2.18. The summed E-state index contributed by atoms with van der Waals surface area (Å²) in [7, 11) is 0. The van der Waals surface area contributed by atoms with Crippen LogP contribution in [0.2, 0.25) is 0 Å². The number of anilines is 1. The summed E-state index contributed by atoms with van der Waals surface area (Å²) in [6, 6.07) is 17.5. The Morgan fingerprint density at radius 1 is 1.09 bits per heavy atom. The number of hydrogen-bond acceptors (Lipinski definition) is 2. The second-order valence-corrected chi connectivity index (χ2v) is 5.22. The fourth-order valence-corrected chi connectivity index (χ4v) is 2.18. The Bertz CT molecular complexity index is 659. The van der Waals surface area contributed by atoms with Crippen LogP contribution in [-0.2, 0) is 16.0 Å². The van der Waals surface area contributed by atoms with Crippen molar-refractivity contribution in [1.82, 2.24) is 0 Å². The molecule has 2 aromatic carbocycles. The SMILES string of the molecule is C#Cc1cccc(NC(=O)CCCOCCc2ccccc2)c1. The summed E-state index contributed by atoms with van der Waals surface area (Å²) in [5.41, 5.74) is 2.75. The van der Waals surface area contributed by atoms with E-state index in [2.05, 4.69) is 23.4 Å². The van der Waals surface area contributed by atoms with Gasteiger partial charge in [-0.2, -0.15) is 0 Å². The van der Waals surface area contributed by atoms with Gasteiger partial charge in [-0.05, 0) is 36.6 Å². The molecule has 0 heterocycles. The molecule has 0 aliphatic carbocycles. The van der Waals surface area contributed by atoms with E-state index in [4.69, 9.17) is 11.2 Å². The average Bonchev–Trinajstić information content (AvgIpc) is 2.59. The van der Waals surface area contributed by atoms with Gasteiger partial charge < -0.3 is 10.1 Å². The number of hydrogen-bond donors (Lipinski definition) is 1. The molecule has 0 bridgehead atoms. The van der Waals surface area contributed by atoms with Gasteiger partial charge in [0, 0.05) is 24.3 Å². The Hall–Kier alpha value is -2.57. The summed E-state index contributed by atoms with van der Waals surface area (Å²) in [5, 5.41) is 2.84. The highest BCUT2D eigenvalue weighted by atomic mass is 16.5. The molecule has 2 rings (SSSR count). The van der Waals surface area contributed by atoms with Gasteiger partial charge >= 0.3 is 0 Å². The third kappa shape index (κ3) is 6.37. The molecule has 118 valence electrons. The van der Waals surface area contributed by atoms with Crippen molar-refractivity contribution < 1.29 is 9.53 Å². The van der Waals surface area contributed by atoms with Crippen LogP contribution in [0, 0.1) is 12.3 Å². The fraction of sp³-hybridized carbons (Fsp3) is 0.250. The van der Waals surface area contributed by atoms with Crippen molar-refractivity contribution >= 4 is 11.6 Å². The lowest BCUT2D eigenvalue weighted by Gasteiger charge is -2.06. The van der Waals surface area contributed by atoms with E-state index in [1.165, 1.54) is 5.56 Å². The minimum atomic E-state index is -0.0224. The molecule has 3 nitrogen and oxygen atoms in total. The van der Waals surface area contributed by atoms with Gasteiger partial charge in [0.05, 0.1) is 6.61 Å². The third-order valence-electron chi connectivity index (χ3n) is 3.38. The van der Waals surface area contributed by atoms with Crippen LogP contribution in [0.1, 0.15) is 24.0 Å². The van der Waals surface area contributed by atoms with Gasteiger partial charge in [0.25, 0.3) is 0 Å². The normalized spacial score (nSPS) is 10.0. The number of ether oxygens (including phenoxy) is 1. The molecule has 0 saturated heterocycles. The maximum Gasteiger partial charge on any atom is 0.224 e. The molecule has 1 N–H and O–H groups in total. The number of carbonyl (C=O) groups is 1. The first-order valence-electron chi connectivity index (χ1n) is 7.76. The first-order valence-corrected chi connectivity index (χ1v) is 7.76. The minimum Gasteiger partial charge on any atom is -0.381 e. The largest absolute Gasteiger partial charge is 0.381 e. The standard InChI is InChI=1S/C20H21NO2/c1-2-17-10-6-11-19(16-17)21-20(22)12-7-14-23-15-13-18-8-4-3-5-9-18/h1,3-6,8-11,16H,7,12-15H2,(H,21,22). The molecule has 0 aromatic heterocycles. The van der Waals surface area contributed by atoms with Crippen LogP contribution >= 0.6 is 0 Å². The van der Waals surface area contributed by atoms with Gasteiger partial charge in [-0.15, -0.1) is 6.42 Å². The van der Waals surface area contributed by atoms with Crippen LogP contribution in [0.15, 0.2) is 54.6 Å². The summed E-state index contributed by atoms with van der Waals surface area (Å²) < 4.78 is 5.57. The van der Waals surface area contributed by atoms with Crippen LogP contribution in [0.25, 0.3) is 0 Å². The zero-order valence-electron chi connectivity index (χ0n) is 13.1. The lowest BCUT2D eigenvalue weighted by Crippen LogP contribution is -2.12. The van der Waals surface area contributed by atoms with Gasteiger partial charge in [-0.3, -0.25) is 4.79 Å². The summed E-state index contributed by atoms with van der Waals surface area (Å²) in [5.74, 6) is 2.53. The number of rotatable bonds is 8. The van der Waals surface area contributed by atoms with Crippen molar-refractivity contribution in [3.63, 3.8) is 0 Å². The molecular formula is C20H21NO2. The van der Waals surface area contributed by atoms with Crippen LogP contribution in [0.5, 0.6) is 0 Å². The van der Waals surface area contributed by atoms with E-state index in [1.54, 1.807) is 6.07 Å². The van der Waals surface area contributed by atoms with Crippen molar-refractivity contribution in [1.29, 1.82) is 0 Å². The minimum absolute atomic E-state index is 0.0224. The molecule has 0 atom stereocenters. The van der Waals surface area contributed by atoms with Crippen LogP contribution in [0.3, 0.4) is 0 Å². The Morgan fingerprint density at radius 3 is 2.70 bits per heavy atom. The van der Waals surface area contributed by atoms with E-state index < -0.39 is 0 Å². The molecule has 0 aliphatic rings. The average molecular weight is 307 g/mol.